The minimum Gasteiger partial charge on any atom is -0.507 e. The Balaban J connectivity index is 2.08. The zero-order chi connectivity index (χ0) is 13.8. The summed E-state index contributed by atoms with van der Waals surface area (Å²) in [5.74, 6) is -0.116. The SMILES string of the molecule is Cn1ccnc1/C=N/NC(=O)c1cc(Cl)ccc1O. The molecule has 1 aromatic heterocycles. The molecule has 0 fully saturated rings. The molecular formula is C12H11ClN4O2. The molecule has 0 saturated heterocycles. The molecule has 6 nitrogen and oxygen atoms in total. The summed E-state index contributed by atoms with van der Waals surface area (Å²) in [6.07, 6.45) is 4.78. The largest absolute Gasteiger partial charge is 0.507 e. The molecule has 0 radical (unpaired) electrons. The van der Waals surface area contributed by atoms with E-state index < -0.39 is 5.91 Å². The Morgan fingerprint density at radius 2 is 2.37 bits per heavy atom. The van der Waals surface area contributed by atoms with E-state index >= 15 is 0 Å². The highest BCUT2D eigenvalue weighted by Gasteiger charge is 2.10. The number of imidazole rings is 1. The Hall–Kier alpha value is -2.34. The van der Waals surface area contributed by atoms with Gasteiger partial charge in [-0.15, -0.1) is 0 Å². The lowest BCUT2D eigenvalue weighted by molar-refractivity contribution is 0.0952. The van der Waals surface area contributed by atoms with Gasteiger partial charge < -0.3 is 9.67 Å². The van der Waals surface area contributed by atoms with E-state index in [4.69, 9.17) is 11.6 Å². The van der Waals surface area contributed by atoms with E-state index in [1.165, 1.54) is 24.4 Å². The van der Waals surface area contributed by atoms with Crippen LogP contribution < -0.4 is 5.43 Å². The second-order valence-corrected chi connectivity index (χ2v) is 4.19. The Morgan fingerprint density at radius 3 is 3.05 bits per heavy atom. The molecular weight excluding hydrogens is 268 g/mol. The zero-order valence-corrected chi connectivity index (χ0v) is 10.8. The molecule has 7 heteroatoms. The second-order valence-electron chi connectivity index (χ2n) is 3.76. The maximum Gasteiger partial charge on any atom is 0.275 e. The number of benzene rings is 1. The Labute approximate surface area is 114 Å². The van der Waals surface area contributed by atoms with Crippen molar-refractivity contribution < 1.29 is 9.90 Å². The van der Waals surface area contributed by atoms with Gasteiger partial charge in [-0.2, -0.15) is 5.10 Å². The average molecular weight is 279 g/mol. The van der Waals surface area contributed by atoms with E-state index in [0.29, 0.717) is 10.8 Å². The van der Waals surface area contributed by atoms with Crippen molar-refractivity contribution in [3.8, 4) is 5.75 Å². The van der Waals surface area contributed by atoms with Crippen LogP contribution in [0.1, 0.15) is 16.2 Å². The van der Waals surface area contributed by atoms with Gasteiger partial charge in [-0.3, -0.25) is 4.79 Å². The number of hydrogen-bond donors (Lipinski definition) is 2. The smallest absolute Gasteiger partial charge is 0.275 e. The van der Waals surface area contributed by atoms with E-state index in [0.717, 1.165) is 0 Å². The number of carbonyl (C=O) groups excluding carboxylic acids is 1. The Bertz CT molecular complexity index is 636. The molecule has 1 heterocycles. The highest BCUT2D eigenvalue weighted by atomic mass is 35.5. The van der Waals surface area contributed by atoms with Gasteiger partial charge in [0.2, 0.25) is 0 Å². The van der Waals surface area contributed by atoms with Gasteiger partial charge in [0.25, 0.3) is 5.91 Å². The lowest BCUT2D eigenvalue weighted by Crippen LogP contribution is -2.18. The predicted molar refractivity (Wildman–Crippen MR) is 71.4 cm³/mol. The summed E-state index contributed by atoms with van der Waals surface area (Å²) < 4.78 is 1.74. The number of aromatic nitrogens is 2. The van der Waals surface area contributed by atoms with E-state index in [-0.39, 0.29) is 11.3 Å². The number of aromatic hydroxyl groups is 1. The number of aryl methyl sites for hydroxylation is 1. The summed E-state index contributed by atoms with van der Waals surface area (Å²) in [6.45, 7) is 0. The van der Waals surface area contributed by atoms with E-state index in [2.05, 4.69) is 15.5 Å². The molecule has 1 aromatic carbocycles. The number of halogens is 1. The third-order valence-corrected chi connectivity index (χ3v) is 2.64. The number of nitrogens with one attached hydrogen (secondary N) is 1. The van der Waals surface area contributed by atoms with Crippen molar-refractivity contribution in [3.05, 3.63) is 47.0 Å². The number of nitrogens with zero attached hydrogens (tertiary/aromatic N) is 3. The first-order chi connectivity index (χ1) is 9.08. The van der Waals surface area contributed by atoms with Crippen molar-refractivity contribution in [3.63, 3.8) is 0 Å². The van der Waals surface area contributed by atoms with Gasteiger partial charge in [-0.25, -0.2) is 10.4 Å². The molecule has 0 aliphatic carbocycles. The standard InChI is InChI=1S/C12H11ClN4O2/c1-17-5-4-14-11(17)7-15-16-12(19)9-6-8(13)2-3-10(9)18/h2-7,18H,1H3,(H,16,19)/b15-7+. The molecule has 0 aliphatic rings. The second kappa shape index (κ2) is 5.53. The predicted octanol–water partition coefficient (Wildman–Crippen LogP) is 1.54. The quantitative estimate of drug-likeness (QED) is 0.660. The van der Waals surface area contributed by atoms with Crippen LogP contribution in [0.2, 0.25) is 5.02 Å². The lowest BCUT2D eigenvalue weighted by atomic mass is 10.2. The molecule has 0 saturated carbocycles. The van der Waals surface area contributed by atoms with Crippen LogP contribution in [-0.4, -0.2) is 26.8 Å². The molecule has 0 bridgehead atoms. The summed E-state index contributed by atoms with van der Waals surface area (Å²) in [6, 6.07) is 4.20. The van der Waals surface area contributed by atoms with Crippen LogP contribution in [0.25, 0.3) is 0 Å². The van der Waals surface area contributed by atoms with Crippen molar-refractivity contribution in [2.45, 2.75) is 0 Å². The maximum atomic E-state index is 11.8. The molecule has 98 valence electrons. The minimum atomic E-state index is -0.551. The van der Waals surface area contributed by atoms with E-state index in [1.54, 1.807) is 24.0 Å². The molecule has 2 N–H and O–H groups in total. The van der Waals surface area contributed by atoms with Gasteiger partial charge in [0, 0.05) is 24.5 Å². The van der Waals surface area contributed by atoms with Gasteiger partial charge in [-0.05, 0) is 18.2 Å². The van der Waals surface area contributed by atoms with Crippen LogP contribution in [0.15, 0.2) is 35.7 Å². The fraction of sp³-hybridized carbons (Fsp3) is 0.0833. The molecule has 0 atom stereocenters. The topological polar surface area (TPSA) is 79.5 Å². The van der Waals surface area contributed by atoms with Gasteiger partial charge >= 0.3 is 0 Å². The van der Waals surface area contributed by atoms with Crippen molar-refractivity contribution >= 4 is 23.7 Å². The van der Waals surface area contributed by atoms with Gasteiger partial charge in [0.05, 0.1) is 11.8 Å². The fourth-order valence-electron chi connectivity index (χ4n) is 1.40. The summed E-state index contributed by atoms with van der Waals surface area (Å²) >= 11 is 5.75. The summed E-state index contributed by atoms with van der Waals surface area (Å²) in [5.41, 5.74) is 2.35. The number of rotatable bonds is 3. The monoisotopic (exact) mass is 278 g/mol. The molecule has 1 amide bonds. The Kier molecular flexibility index (Phi) is 3.82. The summed E-state index contributed by atoms with van der Waals surface area (Å²) in [5, 5.41) is 13.7. The number of hydrazone groups is 1. The van der Waals surface area contributed by atoms with Crippen LogP contribution in [0.4, 0.5) is 0 Å². The van der Waals surface area contributed by atoms with Crippen LogP contribution in [0.5, 0.6) is 5.75 Å². The summed E-state index contributed by atoms with van der Waals surface area (Å²) in [7, 11) is 1.80. The third-order valence-electron chi connectivity index (χ3n) is 2.41. The van der Waals surface area contributed by atoms with Crippen LogP contribution in [-0.2, 0) is 7.05 Å². The first kappa shape index (κ1) is 13.1. The number of hydrogen-bond acceptors (Lipinski definition) is 4. The number of phenols is 1. The van der Waals surface area contributed by atoms with Crippen LogP contribution in [0.3, 0.4) is 0 Å². The summed E-state index contributed by atoms with van der Waals surface area (Å²) in [4.78, 5) is 15.8. The highest BCUT2D eigenvalue weighted by Crippen LogP contribution is 2.21. The fourth-order valence-corrected chi connectivity index (χ4v) is 1.57. The normalized spacial score (nSPS) is 10.8. The lowest BCUT2D eigenvalue weighted by Gasteiger charge is -2.03. The van der Waals surface area contributed by atoms with E-state index in [9.17, 15) is 9.90 Å². The van der Waals surface area contributed by atoms with Crippen LogP contribution >= 0.6 is 11.6 Å². The number of amides is 1. The van der Waals surface area contributed by atoms with Crippen molar-refractivity contribution in [2.24, 2.45) is 12.1 Å². The van der Waals surface area contributed by atoms with Crippen molar-refractivity contribution in [2.75, 3.05) is 0 Å². The highest BCUT2D eigenvalue weighted by molar-refractivity contribution is 6.31. The van der Waals surface area contributed by atoms with Crippen molar-refractivity contribution in [1.29, 1.82) is 0 Å². The van der Waals surface area contributed by atoms with Gasteiger partial charge in [0.1, 0.15) is 5.75 Å². The average Bonchev–Trinajstić information content (AvgIpc) is 2.78. The zero-order valence-electron chi connectivity index (χ0n) is 10.0. The van der Waals surface area contributed by atoms with Crippen molar-refractivity contribution in [1.82, 2.24) is 15.0 Å². The third kappa shape index (κ3) is 3.11. The molecule has 0 spiro atoms. The van der Waals surface area contributed by atoms with Gasteiger partial charge in [0.15, 0.2) is 5.82 Å². The van der Waals surface area contributed by atoms with E-state index in [1.807, 2.05) is 0 Å². The Morgan fingerprint density at radius 1 is 1.58 bits per heavy atom. The molecule has 19 heavy (non-hydrogen) atoms. The number of carbonyl (C=O) groups is 1. The maximum absolute atomic E-state index is 11.8. The van der Waals surface area contributed by atoms with Gasteiger partial charge in [-0.1, -0.05) is 11.6 Å². The molecule has 0 aliphatic heterocycles. The molecule has 0 unspecified atom stereocenters. The first-order valence-electron chi connectivity index (χ1n) is 5.37. The molecule has 2 aromatic rings. The van der Waals surface area contributed by atoms with Crippen LogP contribution in [0, 0.1) is 0 Å². The number of phenolic OH excluding ortho intramolecular Hbond substituents is 1. The minimum absolute atomic E-state index is 0.0597. The first-order valence-corrected chi connectivity index (χ1v) is 5.75. The molecule has 2 rings (SSSR count).